The van der Waals surface area contributed by atoms with Gasteiger partial charge in [0.1, 0.15) is 5.75 Å². The lowest BCUT2D eigenvalue weighted by atomic mass is 10.3. The predicted molar refractivity (Wildman–Crippen MR) is 76.8 cm³/mol. The van der Waals surface area contributed by atoms with Crippen molar-refractivity contribution >= 4 is 33.2 Å². The quantitative estimate of drug-likeness (QED) is 0.940. The number of sulfone groups is 1. The number of hydrogen-bond acceptors (Lipinski definition) is 4. The van der Waals surface area contributed by atoms with Gasteiger partial charge in [0.25, 0.3) is 0 Å². The second-order valence-corrected chi connectivity index (χ2v) is 7.53. The van der Waals surface area contributed by atoms with E-state index in [-0.39, 0.29) is 10.6 Å². The van der Waals surface area contributed by atoms with Crippen molar-refractivity contribution in [2.45, 2.75) is 14.7 Å². The van der Waals surface area contributed by atoms with Crippen molar-refractivity contribution in [1.82, 2.24) is 0 Å². The lowest BCUT2D eigenvalue weighted by molar-refractivity contribution is 0.462. The van der Waals surface area contributed by atoms with Gasteiger partial charge in [0.15, 0.2) is 9.84 Å². The summed E-state index contributed by atoms with van der Waals surface area (Å²) in [4.78, 5) is 1.72. The number of phenolic OH excluding ortho intramolecular Hbond substituents is 1. The van der Waals surface area contributed by atoms with Crippen LogP contribution in [-0.4, -0.2) is 19.8 Å². The molecule has 0 saturated carbocycles. The van der Waals surface area contributed by atoms with Crippen molar-refractivity contribution in [2.24, 2.45) is 0 Å². The lowest BCUT2D eigenvalue weighted by Gasteiger charge is -2.05. The highest BCUT2D eigenvalue weighted by atomic mass is 35.5. The van der Waals surface area contributed by atoms with Crippen molar-refractivity contribution in [1.29, 1.82) is 0 Å². The molecule has 100 valence electrons. The summed E-state index contributed by atoms with van der Waals surface area (Å²) in [6, 6.07) is 11.3. The van der Waals surface area contributed by atoms with E-state index in [4.69, 9.17) is 11.6 Å². The van der Waals surface area contributed by atoms with E-state index in [0.717, 1.165) is 11.2 Å². The molecule has 0 bridgehead atoms. The summed E-state index contributed by atoms with van der Waals surface area (Å²) in [5, 5.41) is 10.2. The van der Waals surface area contributed by atoms with Crippen molar-refractivity contribution in [2.75, 3.05) is 6.26 Å². The fraction of sp³-hybridized carbons (Fsp3) is 0.0769. The molecule has 0 aliphatic heterocycles. The molecule has 0 spiro atoms. The van der Waals surface area contributed by atoms with Crippen molar-refractivity contribution in [3.63, 3.8) is 0 Å². The highest BCUT2D eigenvalue weighted by Crippen LogP contribution is 2.36. The third kappa shape index (κ3) is 3.65. The zero-order valence-electron chi connectivity index (χ0n) is 10.00. The van der Waals surface area contributed by atoms with Crippen LogP contribution in [-0.2, 0) is 9.84 Å². The van der Waals surface area contributed by atoms with Crippen LogP contribution in [0.1, 0.15) is 0 Å². The van der Waals surface area contributed by atoms with Crippen LogP contribution >= 0.6 is 23.4 Å². The molecule has 0 fully saturated rings. The van der Waals surface area contributed by atoms with E-state index >= 15 is 0 Å². The zero-order valence-corrected chi connectivity index (χ0v) is 12.4. The molecule has 0 saturated heterocycles. The Kier molecular flexibility index (Phi) is 4.08. The maximum absolute atomic E-state index is 11.3. The average Bonchev–Trinajstić information content (AvgIpc) is 2.33. The molecule has 19 heavy (non-hydrogen) atoms. The van der Waals surface area contributed by atoms with Gasteiger partial charge in [-0.15, -0.1) is 0 Å². The van der Waals surface area contributed by atoms with Gasteiger partial charge in [-0.1, -0.05) is 23.4 Å². The van der Waals surface area contributed by atoms with Crippen LogP contribution in [0.25, 0.3) is 0 Å². The van der Waals surface area contributed by atoms with Gasteiger partial charge < -0.3 is 5.11 Å². The molecule has 0 aliphatic carbocycles. The van der Waals surface area contributed by atoms with Gasteiger partial charge in [0, 0.05) is 16.2 Å². The molecule has 0 aliphatic rings. The molecule has 0 aromatic heterocycles. The van der Waals surface area contributed by atoms with E-state index in [1.807, 2.05) is 0 Å². The molecule has 0 amide bonds. The molecule has 0 unspecified atom stereocenters. The van der Waals surface area contributed by atoms with E-state index in [0.29, 0.717) is 9.92 Å². The maximum Gasteiger partial charge on any atom is 0.175 e. The Morgan fingerprint density at radius 3 is 2.32 bits per heavy atom. The molecule has 2 aromatic carbocycles. The van der Waals surface area contributed by atoms with Gasteiger partial charge in [-0.2, -0.15) is 0 Å². The Morgan fingerprint density at radius 1 is 1.11 bits per heavy atom. The monoisotopic (exact) mass is 314 g/mol. The summed E-state index contributed by atoms with van der Waals surface area (Å²) < 4.78 is 22.7. The molecule has 0 heterocycles. The van der Waals surface area contributed by atoms with Gasteiger partial charge >= 0.3 is 0 Å². The highest BCUT2D eigenvalue weighted by molar-refractivity contribution is 7.99. The Balaban J connectivity index is 2.27. The molecule has 1 N–H and O–H groups in total. The highest BCUT2D eigenvalue weighted by Gasteiger charge is 2.08. The van der Waals surface area contributed by atoms with Crippen molar-refractivity contribution < 1.29 is 13.5 Å². The minimum atomic E-state index is -3.19. The van der Waals surface area contributed by atoms with Crippen LogP contribution in [0.4, 0.5) is 0 Å². The second-order valence-electron chi connectivity index (χ2n) is 3.96. The Morgan fingerprint density at radius 2 is 1.74 bits per heavy atom. The van der Waals surface area contributed by atoms with Gasteiger partial charge in [-0.25, -0.2) is 8.42 Å². The number of phenols is 1. The van der Waals surface area contributed by atoms with Crippen LogP contribution in [0.15, 0.2) is 57.2 Å². The van der Waals surface area contributed by atoms with Crippen molar-refractivity contribution in [3.8, 4) is 5.75 Å². The zero-order chi connectivity index (χ0) is 14.0. The van der Waals surface area contributed by atoms with Crippen LogP contribution in [0.5, 0.6) is 5.75 Å². The first-order chi connectivity index (χ1) is 8.86. The van der Waals surface area contributed by atoms with Gasteiger partial charge in [0.2, 0.25) is 0 Å². The normalized spacial score (nSPS) is 11.5. The molecule has 2 rings (SSSR count). The smallest absolute Gasteiger partial charge is 0.175 e. The van der Waals surface area contributed by atoms with Gasteiger partial charge in [-0.05, 0) is 42.5 Å². The van der Waals surface area contributed by atoms with E-state index < -0.39 is 9.84 Å². The third-order valence-electron chi connectivity index (χ3n) is 2.40. The topological polar surface area (TPSA) is 54.4 Å². The predicted octanol–water partition coefficient (Wildman–Crippen LogP) is 3.60. The summed E-state index contributed by atoms with van der Waals surface area (Å²) >= 11 is 7.18. The number of hydrogen-bond donors (Lipinski definition) is 1. The maximum atomic E-state index is 11.3. The lowest BCUT2D eigenvalue weighted by Crippen LogP contribution is -1.95. The second kappa shape index (κ2) is 5.45. The number of aromatic hydroxyl groups is 1. The van der Waals surface area contributed by atoms with E-state index in [1.54, 1.807) is 36.4 Å². The molecular formula is C13H11ClO3S2. The summed E-state index contributed by atoms with van der Waals surface area (Å²) in [5.41, 5.74) is 0. The molecule has 3 nitrogen and oxygen atoms in total. The van der Waals surface area contributed by atoms with Crippen LogP contribution in [0, 0.1) is 0 Å². The van der Waals surface area contributed by atoms with Crippen LogP contribution in [0.3, 0.4) is 0 Å². The minimum absolute atomic E-state index is 0.140. The van der Waals surface area contributed by atoms with E-state index in [2.05, 4.69) is 0 Å². The molecule has 0 atom stereocenters. The standard InChI is InChI=1S/C13H11ClO3S2/c1-19(16,17)11-5-3-10(4-6-11)18-13-8-9(14)2-7-12(13)15/h2-8,15H,1H3. The fourth-order valence-electron chi connectivity index (χ4n) is 1.45. The largest absolute Gasteiger partial charge is 0.507 e. The molecule has 2 aromatic rings. The summed E-state index contributed by atoms with van der Waals surface area (Å²) in [7, 11) is -3.19. The summed E-state index contributed by atoms with van der Waals surface area (Å²) in [6.45, 7) is 0. The van der Waals surface area contributed by atoms with Crippen molar-refractivity contribution in [3.05, 3.63) is 47.5 Å². The first-order valence-corrected chi connectivity index (χ1v) is 8.41. The first-order valence-electron chi connectivity index (χ1n) is 5.33. The van der Waals surface area contributed by atoms with Crippen LogP contribution in [0.2, 0.25) is 5.02 Å². The molecule has 0 radical (unpaired) electrons. The van der Waals surface area contributed by atoms with Crippen LogP contribution < -0.4 is 0 Å². The average molecular weight is 315 g/mol. The minimum Gasteiger partial charge on any atom is -0.507 e. The number of benzene rings is 2. The summed E-state index contributed by atoms with van der Waals surface area (Å²) in [6.07, 6.45) is 1.16. The van der Waals surface area contributed by atoms with Gasteiger partial charge in [-0.3, -0.25) is 0 Å². The fourth-order valence-corrected chi connectivity index (χ4v) is 3.20. The number of rotatable bonds is 3. The molecular weight excluding hydrogens is 304 g/mol. The third-order valence-corrected chi connectivity index (χ3v) is 4.82. The Hall–Kier alpha value is -1.17. The van der Waals surface area contributed by atoms with Gasteiger partial charge in [0.05, 0.1) is 9.79 Å². The summed E-state index contributed by atoms with van der Waals surface area (Å²) in [5.74, 6) is 0.140. The number of halogens is 1. The van der Waals surface area contributed by atoms with E-state index in [1.165, 1.54) is 17.8 Å². The molecule has 6 heteroatoms. The SMILES string of the molecule is CS(=O)(=O)c1ccc(Sc2cc(Cl)ccc2O)cc1. The van der Waals surface area contributed by atoms with E-state index in [9.17, 15) is 13.5 Å². The first kappa shape index (κ1) is 14.2. The Labute approximate surface area is 121 Å². The Bertz CT molecular complexity index is 694.